The van der Waals surface area contributed by atoms with Gasteiger partial charge in [0.1, 0.15) is 51.1 Å². The number of piperazine rings is 4. The Morgan fingerprint density at radius 1 is 0.341 bits per heavy atom. The van der Waals surface area contributed by atoms with Crippen LogP contribution in [-0.4, -0.2) is 281 Å². The van der Waals surface area contributed by atoms with Gasteiger partial charge in [-0.2, -0.15) is 15.3 Å². The lowest BCUT2D eigenvalue weighted by Gasteiger charge is -2.37. The van der Waals surface area contributed by atoms with E-state index in [0.717, 1.165) is 86.3 Å². The molecule has 4 saturated heterocycles. The van der Waals surface area contributed by atoms with E-state index in [1.54, 1.807) is 139 Å². The standard InChI is InChI=1S/C29H32N8O4.C24H24N8O2.C22H25IN8O3.C19H23ClN6O3/c1-29(2,3)41-28(39)36-15-13-35(14-16-36)25-10-11-30-18-24(25)33-26(38)23-9-12-31-27(34-23)37-19-21(17-32-37)20-5-7-22(40-4)8-6-20;1-34-19-4-2-17(3-5-19)18-14-28-32(16-18)24-27-9-6-20(30-24)23(33)29-21-15-26-8-7-22(21)31-12-10-25-11-13-31;1-22(2,3)34-21(33)30-10-8-29(9-11-30)18-5-6-24-13-17(18)27-19(32)16-4-7-25-20(28-16)31-14-15(23)12-26-31;1-19(2,3)29-18(28)26-10-8-25(9-11-26)15-5-6-21-12-14(15)23-16(27)13-4-7-22-17(20)24-13/h5-12,17-19H,13-16H2,1-4H3,(H,33,38);2-9,14-16,25H,10-13H2,1H3,(H,29,33);4-7,12-14H,8-11H2,1-3H3,(H,27,32);4-7,12H,8-11H2,1-3H3,(H,23,27). The van der Waals surface area contributed by atoms with Crippen molar-refractivity contribution in [1.29, 1.82) is 0 Å². The molecule has 716 valence electrons. The van der Waals surface area contributed by atoms with E-state index in [1.165, 1.54) is 34.0 Å². The second kappa shape index (κ2) is 45.2. The van der Waals surface area contributed by atoms with Gasteiger partial charge < -0.3 is 84.6 Å². The predicted octanol–water partition coefficient (Wildman–Crippen LogP) is 12.2. The van der Waals surface area contributed by atoms with E-state index in [1.807, 2.05) is 141 Å². The molecule has 4 aliphatic rings. The second-order valence-corrected chi connectivity index (χ2v) is 35.9. The van der Waals surface area contributed by atoms with Gasteiger partial charge in [-0.1, -0.05) is 24.3 Å². The third-order valence-corrected chi connectivity index (χ3v) is 21.9. The number of nitrogens with zero attached hydrogens (tertiary/aromatic N) is 25. The lowest BCUT2D eigenvalue weighted by Crippen LogP contribution is -2.50. The molecule has 44 heteroatoms. The first-order valence-electron chi connectivity index (χ1n) is 44.1. The van der Waals surface area contributed by atoms with Crippen molar-refractivity contribution < 1.29 is 57.2 Å². The maximum absolute atomic E-state index is 13.2. The van der Waals surface area contributed by atoms with Crippen LogP contribution in [0, 0.1) is 3.57 Å². The Balaban J connectivity index is 0.000000148. The molecule has 0 saturated carbocycles. The fraction of sp³-hybridized carbons (Fsp3) is 0.319. The Morgan fingerprint density at radius 2 is 0.630 bits per heavy atom. The highest BCUT2D eigenvalue weighted by Gasteiger charge is 2.33. The molecule has 0 atom stereocenters. The van der Waals surface area contributed by atoms with Crippen LogP contribution in [0.15, 0.2) is 209 Å². The molecule has 138 heavy (non-hydrogen) atoms. The molecule has 13 aromatic rings. The Labute approximate surface area is 813 Å². The van der Waals surface area contributed by atoms with Gasteiger partial charge in [-0.25, -0.2) is 68.3 Å². The van der Waals surface area contributed by atoms with Crippen molar-refractivity contribution in [3.05, 3.63) is 240 Å². The van der Waals surface area contributed by atoms with Gasteiger partial charge in [-0.15, -0.1) is 0 Å². The van der Waals surface area contributed by atoms with Gasteiger partial charge in [0, 0.05) is 184 Å². The van der Waals surface area contributed by atoms with Crippen LogP contribution in [-0.2, 0) is 14.2 Å². The molecule has 15 heterocycles. The van der Waals surface area contributed by atoms with Gasteiger partial charge in [0.25, 0.3) is 41.5 Å². The number of aromatic nitrogens is 18. The summed E-state index contributed by atoms with van der Waals surface area (Å²) < 4.78 is 32.3. The number of hydrogen-bond donors (Lipinski definition) is 5. The third-order valence-electron chi connectivity index (χ3n) is 21.1. The molecule has 42 nitrogen and oxygen atoms in total. The highest BCUT2D eigenvalue weighted by Crippen LogP contribution is 2.33. The van der Waals surface area contributed by atoms with Crippen LogP contribution in [0.2, 0.25) is 5.28 Å². The molecule has 2 aromatic carbocycles. The fourth-order valence-electron chi connectivity index (χ4n) is 14.4. The number of pyridine rings is 4. The zero-order valence-corrected chi connectivity index (χ0v) is 80.7. The summed E-state index contributed by atoms with van der Waals surface area (Å²) in [5.74, 6) is 0.898. The van der Waals surface area contributed by atoms with Crippen LogP contribution < -0.4 is 55.7 Å². The summed E-state index contributed by atoms with van der Waals surface area (Å²) in [4.78, 5) is 153. The number of carbonyl (C=O) groups is 7. The molecular weight excluding hydrogens is 1900 g/mol. The molecular formula is C94H104ClIN30O12. The molecule has 0 aliphatic carbocycles. The predicted molar refractivity (Wildman–Crippen MR) is 525 cm³/mol. The molecule has 4 aliphatic heterocycles. The van der Waals surface area contributed by atoms with E-state index in [0.29, 0.717) is 113 Å². The van der Waals surface area contributed by atoms with E-state index in [4.69, 9.17) is 35.3 Å². The first-order chi connectivity index (χ1) is 66.3. The Morgan fingerprint density at radius 3 is 0.920 bits per heavy atom. The maximum atomic E-state index is 13.2. The number of anilines is 8. The molecule has 0 bridgehead atoms. The number of amides is 7. The summed E-state index contributed by atoms with van der Waals surface area (Å²) in [6.45, 7) is 26.8. The molecule has 0 radical (unpaired) electrons. The topological polar surface area (TPSA) is 457 Å². The van der Waals surface area contributed by atoms with Gasteiger partial charge >= 0.3 is 18.3 Å². The van der Waals surface area contributed by atoms with Crippen molar-refractivity contribution in [2.75, 3.05) is 160 Å². The molecule has 0 spiro atoms. The molecule has 11 aromatic heterocycles. The van der Waals surface area contributed by atoms with Crippen molar-refractivity contribution >= 4 is 122 Å². The van der Waals surface area contributed by atoms with Crippen LogP contribution in [0.3, 0.4) is 0 Å². The van der Waals surface area contributed by atoms with Gasteiger partial charge in [-0.05, 0) is 180 Å². The molecule has 17 rings (SSSR count). The van der Waals surface area contributed by atoms with Crippen molar-refractivity contribution in [3.63, 3.8) is 0 Å². The van der Waals surface area contributed by atoms with Crippen molar-refractivity contribution in [1.82, 2.24) is 109 Å². The summed E-state index contributed by atoms with van der Waals surface area (Å²) in [7, 11) is 3.26. The van der Waals surface area contributed by atoms with Crippen LogP contribution in [0.4, 0.5) is 59.9 Å². The average molecular weight is 2010 g/mol. The molecule has 0 unspecified atom stereocenters. The number of carbonyl (C=O) groups excluding carboxylic acids is 7. The first-order valence-corrected chi connectivity index (χ1v) is 45.5. The highest BCUT2D eigenvalue weighted by atomic mass is 127. The minimum absolute atomic E-state index is 0.00215. The quantitative estimate of drug-likeness (QED) is 0.0285. The van der Waals surface area contributed by atoms with E-state index < -0.39 is 28.6 Å². The van der Waals surface area contributed by atoms with E-state index >= 15 is 0 Å². The molecule has 5 N–H and O–H groups in total. The van der Waals surface area contributed by atoms with E-state index in [9.17, 15) is 33.6 Å². The second-order valence-electron chi connectivity index (χ2n) is 34.3. The summed E-state index contributed by atoms with van der Waals surface area (Å²) in [5.41, 5.74) is 8.59. The average Bonchev–Trinajstić information content (AvgIpc) is 1.27. The van der Waals surface area contributed by atoms with Crippen LogP contribution in [0.5, 0.6) is 11.5 Å². The van der Waals surface area contributed by atoms with Crippen molar-refractivity contribution in [2.24, 2.45) is 0 Å². The maximum Gasteiger partial charge on any atom is 0.410 e. The van der Waals surface area contributed by atoms with E-state index in [-0.39, 0.29) is 64.1 Å². The van der Waals surface area contributed by atoms with E-state index in [2.05, 4.69) is 144 Å². The van der Waals surface area contributed by atoms with Crippen LogP contribution in [0.1, 0.15) is 104 Å². The highest BCUT2D eigenvalue weighted by molar-refractivity contribution is 14.1. The summed E-state index contributed by atoms with van der Waals surface area (Å²) in [6, 6.07) is 28.9. The zero-order chi connectivity index (χ0) is 97.6. The van der Waals surface area contributed by atoms with Gasteiger partial charge in [0.15, 0.2) is 0 Å². The fourth-order valence-corrected chi connectivity index (χ4v) is 14.9. The number of nitrogens with one attached hydrogen (secondary N) is 5. The summed E-state index contributed by atoms with van der Waals surface area (Å²) >= 11 is 7.90. The Bertz CT molecular complexity index is 6400. The van der Waals surface area contributed by atoms with Crippen molar-refractivity contribution in [3.8, 4) is 51.6 Å². The zero-order valence-electron chi connectivity index (χ0n) is 77.8. The van der Waals surface area contributed by atoms with Gasteiger partial charge in [-0.3, -0.25) is 39.1 Å². The van der Waals surface area contributed by atoms with Gasteiger partial charge in [0.2, 0.25) is 5.28 Å². The Hall–Kier alpha value is -15.5. The van der Waals surface area contributed by atoms with Crippen LogP contribution >= 0.6 is 34.2 Å². The largest absolute Gasteiger partial charge is 0.497 e. The van der Waals surface area contributed by atoms with Gasteiger partial charge in [0.05, 0.1) is 107 Å². The number of hydrogen-bond acceptors (Lipinski definition) is 32. The molecule has 4 fully saturated rings. The normalized spacial score (nSPS) is 13.9. The lowest BCUT2D eigenvalue weighted by molar-refractivity contribution is 0.0230. The van der Waals surface area contributed by atoms with Crippen LogP contribution in [0.25, 0.3) is 40.1 Å². The molecule has 7 amide bonds. The number of halogens is 2. The first kappa shape index (κ1) is 98.5. The summed E-state index contributed by atoms with van der Waals surface area (Å²) in [5, 5.41) is 27.9. The monoisotopic (exact) mass is 2010 g/mol. The SMILES string of the molecule is CC(C)(C)OC(=O)N1CCN(c2ccncc2NC(=O)c2ccnc(-n3cc(I)cn3)n2)CC1.CC(C)(C)OC(=O)N1CCN(c2ccncc2NC(=O)c2ccnc(Cl)n2)CC1.COc1ccc(-c2cnn(-c3nccc(C(=O)Nc4cnccc4N4CCN(C(=O)OC(C)(C)C)CC4)n3)c2)cc1.COc1ccc(-c2cnn(-c3nccc(C(=O)Nc4cnccc4N4CCNCC4)n3)c2)cc1. The lowest BCUT2D eigenvalue weighted by atomic mass is 10.1. The smallest absolute Gasteiger partial charge is 0.410 e. The minimum atomic E-state index is -0.548. The van der Waals surface area contributed by atoms with Crippen molar-refractivity contribution in [2.45, 2.75) is 79.1 Å². The minimum Gasteiger partial charge on any atom is -0.497 e. The Kier molecular flexibility index (Phi) is 32.2. The number of rotatable bonds is 19. The number of methoxy groups -OCH3 is 2. The third kappa shape index (κ3) is 27.0. The number of benzene rings is 2. The number of ether oxygens (including phenoxy) is 5. The summed E-state index contributed by atoms with van der Waals surface area (Å²) in [6.07, 6.45) is 28.7.